The normalized spacial score (nSPS) is 15.4. The van der Waals surface area contributed by atoms with Gasteiger partial charge in [-0.2, -0.15) is 0 Å². The first kappa shape index (κ1) is 14.9. The number of ether oxygens (including phenoxy) is 1. The minimum Gasteiger partial charge on any atom is -0.376 e. The van der Waals surface area contributed by atoms with Gasteiger partial charge >= 0.3 is 0 Å². The van der Waals surface area contributed by atoms with Gasteiger partial charge in [-0.3, -0.25) is 4.79 Å². The highest BCUT2D eigenvalue weighted by Crippen LogP contribution is 2.14. The standard InChI is InChI=1S/C16H18FN3O2/c1-10(11-2-4-12(17)5-3-11)18-8-15-19-14-6-7-22-9-13(14)16(21)20-15/h2-5,10,18H,6-9H2,1H3,(H,19,20,21)/t10-/m1/s1. The third kappa shape index (κ3) is 3.23. The quantitative estimate of drug-likeness (QED) is 0.904. The van der Waals surface area contributed by atoms with E-state index in [0.717, 1.165) is 11.3 Å². The van der Waals surface area contributed by atoms with Crippen LogP contribution < -0.4 is 10.9 Å². The first-order chi connectivity index (χ1) is 10.6. The molecule has 0 bridgehead atoms. The van der Waals surface area contributed by atoms with Crippen molar-refractivity contribution in [3.63, 3.8) is 0 Å². The van der Waals surface area contributed by atoms with Crippen molar-refractivity contribution < 1.29 is 9.13 Å². The fourth-order valence-corrected chi connectivity index (χ4v) is 2.50. The zero-order chi connectivity index (χ0) is 15.5. The van der Waals surface area contributed by atoms with Crippen LogP contribution in [0.1, 0.15) is 35.6 Å². The van der Waals surface area contributed by atoms with Gasteiger partial charge in [-0.1, -0.05) is 12.1 Å². The Morgan fingerprint density at radius 1 is 1.41 bits per heavy atom. The molecule has 1 aliphatic heterocycles. The molecule has 1 aromatic carbocycles. The van der Waals surface area contributed by atoms with Crippen molar-refractivity contribution in [2.75, 3.05) is 6.61 Å². The molecule has 6 heteroatoms. The summed E-state index contributed by atoms with van der Waals surface area (Å²) in [4.78, 5) is 19.3. The number of rotatable bonds is 4. The monoisotopic (exact) mass is 303 g/mol. The highest BCUT2D eigenvalue weighted by molar-refractivity contribution is 5.20. The van der Waals surface area contributed by atoms with E-state index in [1.165, 1.54) is 12.1 Å². The van der Waals surface area contributed by atoms with Crippen LogP contribution >= 0.6 is 0 Å². The molecule has 1 aromatic heterocycles. The summed E-state index contributed by atoms with van der Waals surface area (Å²) in [6.07, 6.45) is 0.666. The number of aromatic nitrogens is 2. The van der Waals surface area contributed by atoms with Crippen LogP contribution in [0.15, 0.2) is 29.1 Å². The minimum atomic E-state index is -0.251. The number of fused-ring (bicyclic) bond motifs is 1. The molecule has 0 aliphatic carbocycles. The van der Waals surface area contributed by atoms with Gasteiger partial charge in [0.15, 0.2) is 0 Å². The summed E-state index contributed by atoms with van der Waals surface area (Å²) in [7, 11) is 0. The van der Waals surface area contributed by atoms with E-state index in [4.69, 9.17) is 4.74 Å². The topological polar surface area (TPSA) is 67.0 Å². The van der Waals surface area contributed by atoms with Gasteiger partial charge in [0.2, 0.25) is 0 Å². The van der Waals surface area contributed by atoms with Crippen LogP contribution in [0.4, 0.5) is 4.39 Å². The minimum absolute atomic E-state index is 0.0327. The smallest absolute Gasteiger partial charge is 0.256 e. The molecule has 0 unspecified atom stereocenters. The van der Waals surface area contributed by atoms with E-state index in [-0.39, 0.29) is 17.4 Å². The van der Waals surface area contributed by atoms with Crippen LogP contribution in [0.5, 0.6) is 0 Å². The maximum Gasteiger partial charge on any atom is 0.256 e. The number of hydrogen-bond acceptors (Lipinski definition) is 4. The second-order valence-corrected chi connectivity index (χ2v) is 5.39. The summed E-state index contributed by atoms with van der Waals surface area (Å²) in [5, 5.41) is 3.28. The Morgan fingerprint density at radius 2 is 2.18 bits per heavy atom. The molecule has 5 nitrogen and oxygen atoms in total. The summed E-state index contributed by atoms with van der Waals surface area (Å²) in [5.74, 6) is 0.360. The molecule has 2 N–H and O–H groups in total. The molecule has 22 heavy (non-hydrogen) atoms. The molecule has 116 valence electrons. The van der Waals surface area contributed by atoms with Gasteiger partial charge < -0.3 is 15.0 Å². The Kier molecular flexibility index (Phi) is 4.31. The van der Waals surface area contributed by atoms with Crippen molar-refractivity contribution in [2.24, 2.45) is 0 Å². The van der Waals surface area contributed by atoms with E-state index in [1.807, 2.05) is 6.92 Å². The fraction of sp³-hybridized carbons (Fsp3) is 0.375. The van der Waals surface area contributed by atoms with Crippen LogP contribution in [0.25, 0.3) is 0 Å². The van der Waals surface area contributed by atoms with Crippen molar-refractivity contribution >= 4 is 0 Å². The lowest BCUT2D eigenvalue weighted by molar-refractivity contribution is 0.107. The van der Waals surface area contributed by atoms with E-state index in [0.29, 0.717) is 37.6 Å². The van der Waals surface area contributed by atoms with Gasteiger partial charge in [0.05, 0.1) is 31.0 Å². The van der Waals surface area contributed by atoms with Gasteiger partial charge in [-0.15, -0.1) is 0 Å². The van der Waals surface area contributed by atoms with E-state index >= 15 is 0 Å². The molecule has 2 aromatic rings. The number of halogens is 1. The highest BCUT2D eigenvalue weighted by Gasteiger charge is 2.16. The zero-order valence-electron chi connectivity index (χ0n) is 12.4. The molecule has 0 fully saturated rings. The third-order valence-electron chi connectivity index (χ3n) is 3.83. The summed E-state index contributed by atoms with van der Waals surface area (Å²) < 4.78 is 18.2. The van der Waals surface area contributed by atoms with E-state index in [2.05, 4.69) is 15.3 Å². The number of H-pyrrole nitrogens is 1. The van der Waals surface area contributed by atoms with Crippen LogP contribution in [0, 0.1) is 5.82 Å². The molecule has 0 spiro atoms. The van der Waals surface area contributed by atoms with Gasteiger partial charge in [0.25, 0.3) is 5.56 Å². The molecule has 0 saturated heterocycles. The Hall–Kier alpha value is -2.05. The second-order valence-electron chi connectivity index (χ2n) is 5.39. The molecule has 0 saturated carbocycles. The van der Waals surface area contributed by atoms with E-state index in [9.17, 15) is 9.18 Å². The van der Waals surface area contributed by atoms with Gasteiger partial charge in [-0.05, 0) is 24.6 Å². The predicted octanol–water partition coefficient (Wildman–Crippen LogP) is 1.83. The van der Waals surface area contributed by atoms with Crippen molar-refractivity contribution in [3.05, 3.63) is 63.1 Å². The predicted molar refractivity (Wildman–Crippen MR) is 79.9 cm³/mol. The maximum atomic E-state index is 12.9. The van der Waals surface area contributed by atoms with Crippen LogP contribution in [0.2, 0.25) is 0 Å². The van der Waals surface area contributed by atoms with E-state index < -0.39 is 0 Å². The molecule has 3 rings (SSSR count). The van der Waals surface area contributed by atoms with Gasteiger partial charge in [0, 0.05) is 12.5 Å². The first-order valence-electron chi connectivity index (χ1n) is 7.31. The number of hydrogen-bond donors (Lipinski definition) is 2. The van der Waals surface area contributed by atoms with Crippen LogP contribution in [0.3, 0.4) is 0 Å². The Morgan fingerprint density at radius 3 is 2.95 bits per heavy atom. The number of aromatic amines is 1. The van der Waals surface area contributed by atoms with Crippen LogP contribution in [-0.2, 0) is 24.3 Å². The number of benzene rings is 1. The molecule has 1 atom stereocenters. The van der Waals surface area contributed by atoms with Crippen molar-refractivity contribution in [2.45, 2.75) is 32.5 Å². The summed E-state index contributed by atoms with van der Waals surface area (Å²) in [6, 6.07) is 6.39. The summed E-state index contributed by atoms with van der Waals surface area (Å²) in [5.41, 5.74) is 2.30. The molecular weight excluding hydrogens is 285 g/mol. The molecule has 0 radical (unpaired) electrons. The first-order valence-corrected chi connectivity index (χ1v) is 7.31. The second kappa shape index (κ2) is 6.37. The Labute approximate surface area is 127 Å². The largest absolute Gasteiger partial charge is 0.376 e. The molecule has 2 heterocycles. The fourth-order valence-electron chi connectivity index (χ4n) is 2.50. The third-order valence-corrected chi connectivity index (χ3v) is 3.83. The number of nitrogens with one attached hydrogen (secondary N) is 2. The highest BCUT2D eigenvalue weighted by atomic mass is 19.1. The van der Waals surface area contributed by atoms with Gasteiger partial charge in [-0.25, -0.2) is 9.37 Å². The van der Waals surface area contributed by atoms with Gasteiger partial charge in [0.1, 0.15) is 11.6 Å². The summed E-state index contributed by atoms with van der Waals surface area (Å²) >= 11 is 0. The maximum absolute atomic E-state index is 12.9. The lowest BCUT2D eigenvalue weighted by Gasteiger charge is -2.17. The lowest BCUT2D eigenvalue weighted by atomic mass is 10.1. The Bertz CT molecular complexity index is 712. The number of nitrogens with zero attached hydrogens (tertiary/aromatic N) is 1. The lowest BCUT2D eigenvalue weighted by Crippen LogP contribution is -2.28. The van der Waals surface area contributed by atoms with Crippen LogP contribution in [-0.4, -0.2) is 16.6 Å². The SMILES string of the molecule is C[C@@H](NCc1nc2c(c(=O)[nH]1)COCC2)c1ccc(F)cc1. The van der Waals surface area contributed by atoms with E-state index in [1.54, 1.807) is 12.1 Å². The average Bonchev–Trinajstić information content (AvgIpc) is 2.53. The van der Waals surface area contributed by atoms with Crippen molar-refractivity contribution in [1.82, 2.24) is 15.3 Å². The summed E-state index contributed by atoms with van der Waals surface area (Å²) in [6.45, 7) is 3.36. The Balaban J connectivity index is 1.70. The van der Waals surface area contributed by atoms with Crippen molar-refractivity contribution in [1.29, 1.82) is 0 Å². The van der Waals surface area contributed by atoms with Crippen molar-refractivity contribution in [3.8, 4) is 0 Å². The average molecular weight is 303 g/mol. The molecule has 1 aliphatic rings. The zero-order valence-corrected chi connectivity index (χ0v) is 12.4. The molecule has 0 amide bonds. The molecular formula is C16H18FN3O2.